The molecular formula is C16H16ClFO. The van der Waals surface area contributed by atoms with Crippen molar-refractivity contribution in [3.05, 3.63) is 52.8 Å². The quantitative estimate of drug-likeness (QED) is 0.815. The lowest BCUT2D eigenvalue weighted by Gasteiger charge is -2.09. The Morgan fingerprint density at radius 2 is 2.00 bits per heavy atom. The highest BCUT2D eigenvalue weighted by molar-refractivity contribution is 6.33. The van der Waals surface area contributed by atoms with Crippen molar-refractivity contribution < 1.29 is 9.50 Å². The van der Waals surface area contributed by atoms with Gasteiger partial charge < -0.3 is 5.11 Å². The Labute approximate surface area is 117 Å². The fourth-order valence-corrected chi connectivity index (χ4v) is 2.39. The first-order valence-corrected chi connectivity index (χ1v) is 6.77. The van der Waals surface area contributed by atoms with E-state index in [1.165, 1.54) is 6.07 Å². The molecule has 0 saturated carbocycles. The van der Waals surface area contributed by atoms with E-state index in [1.54, 1.807) is 24.3 Å². The Bertz CT molecular complexity index is 561. The zero-order valence-electron chi connectivity index (χ0n) is 10.8. The molecule has 2 aromatic carbocycles. The summed E-state index contributed by atoms with van der Waals surface area (Å²) in [7, 11) is 0. The van der Waals surface area contributed by atoms with Crippen LogP contribution in [0.5, 0.6) is 5.75 Å². The molecule has 19 heavy (non-hydrogen) atoms. The fourth-order valence-electron chi connectivity index (χ4n) is 2.12. The van der Waals surface area contributed by atoms with Gasteiger partial charge in [0.1, 0.15) is 11.6 Å². The molecule has 100 valence electrons. The largest absolute Gasteiger partial charge is 0.508 e. The van der Waals surface area contributed by atoms with Gasteiger partial charge >= 0.3 is 0 Å². The van der Waals surface area contributed by atoms with Gasteiger partial charge in [-0.05, 0) is 48.2 Å². The van der Waals surface area contributed by atoms with Crippen LogP contribution >= 0.6 is 11.6 Å². The summed E-state index contributed by atoms with van der Waals surface area (Å²) in [4.78, 5) is 0. The summed E-state index contributed by atoms with van der Waals surface area (Å²) in [5, 5.41) is 10.1. The average molecular weight is 279 g/mol. The van der Waals surface area contributed by atoms with Crippen LogP contribution in [0.4, 0.5) is 4.39 Å². The second-order valence-electron chi connectivity index (χ2n) is 4.59. The van der Waals surface area contributed by atoms with Gasteiger partial charge in [-0.15, -0.1) is 0 Å². The highest BCUT2D eigenvalue weighted by Crippen LogP contribution is 2.33. The number of benzene rings is 2. The Morgan fingerprint density at radius 3 is 2.68 bits per heavy atom. The third-order valence-electron chi connectivity index (χ3n) is 3.05. The van der Waals surface area contributed by atoms with Crippen molar-refractivity contribution in [2.45, 2.75) is 26.2 Å². The topological polar surface area (TPSA) is 20.2 Å². The summed E-state index contributed by atoms with van der Waals surface area (Å²) in [5.41, 5.74) is 1.96. The number of unbranched alkanes of at least 4 members (excludes halogenated alkanes) is 1. The lowest BCUT2D eigenvalue weighted by atomic mass is 9.99. The molecule has 0 spiro atoms. The zero-order valence-corrected chi connectivity index (χ0v) is 11.5. The smallest absolute Gasteiger partial charge is 0.132 e. The normalized spacial score (nSPS) is 10.7. The van der Waals surface area contributed by atoms with E-state index >= 15 is 0 Å². The molecule has 0 atom stereocenters. The van der Waals surface area contributed by atoms with Crippen molar-refractivity contribution in [2.24, 2.45) is 0 Å². The number of hydrogen-bond acceptors (Lipinski definition) is 1. The predicted molar refractivity (Wildman–Crippen MR) is 77.1 cm³/mol. The van der Waals surface area contributed by atoms with E-state index < -0.39 is 0 Å². The van der Waals surface area contributed by atoms with Crippen molar-refractivity contribution in [2.75, 3.05) is 0 Å². The van der Waals surface area contributed by atoms with Crippen LogP contribution in [-0.2, 0) is 6.42 Å². The average Bonchev–Trinajstić information content (AvgIpc) is 2.35. The first-order valence-electron chi connectivity index (χ1n) is 6.39. The number of aromatic hydroxyl groups is 1. The molecule has 0 radical (unpaired) electrons. The maximum atomic E-state index is 13.9. The molecule has 0 fully saturated rings. The van der Waals surface area contributed by atoms with E-state index in [0.717, 1.165) is 24.8 Å². The third kappa shape index (κ3) is 3.27. The van der Waals surface area contributed by atoms with Crippen molar-refractivity contribution in [3.63, 3.8) is 0 Å². The van der Waals surface area contributed by atoms with Crippen LogP contribution in [0, 0.1) is 5.82 Å². The van der Waals surface area contributed by atoms with Crippen molar-refractivity contribution in [1.29, 1.82) is 0 Å². The minimum Gasteiger partial charge on any atom is -0.508 e. The van der Waals surface area contributed by atoms with Gasteiger partial charge in [0.05, 0.1) is 5.02 Å². The second-order valence-corrected chi connectivity index (χ2v) is 5.00. The highest BCUT2D eigenvalue weighted by atomic mass is 35.5. The molecule has 0 unspecified atom stereocenters. The van der Waals surface area contributed by atoms with Crippen LogP contribution in [0.3, 0.4) is 0 Å². The molecule has 0 bridgehead atoms. The lowest BCUT2D eigenvalue weighted by molar-refractivity contribution is 0.474. The minimum atomic E-state index is -0.375. The molecule has 0 aliphatic heterocycles. The molecule has 0 aliphatic rings. The van der Waals surface area contributed by atoms with Gasteiger partial charge in [0.15, 0.2) is 0 Å². The molecule has 0 saturated heterocycles. The first kappa shape index (κ1) is 13.9. The maximum Gasteiger partial charge on any atom is 0.132 e. The number of phenols is 1. The lowest BCUT2D eigenvalue weighted by Crippen LogP contribution is -1.90. The molecule has 0 aliphatic carbocycles. The third-order valence-corrected chi connectivity index (χ3v) is 3.36. The summed E-state index contributed by atoms with van der Waals surface area (Å²) < 4.78 is 13.9. The maximum absolute atomic E-state index is 13.9. The van der Waals surface area contributed by atoms with Gasteiger partial charge in [-0.1, -0.05) is 37.1 Å². The Kier molecular flexibility index (Phi) is 4.43. The molecule has 0 heterocycles. The van der Waals surface area contributed by atoms with Crippen molar-refractivity contribution >= 4 is 11.6 Å². The molecule has 2 aromatic rings. The predicted octanol–water partition coefficient (Wildman–Crippen LogP) is 5.19. The van der Waals surface area contributed by atoms with Gasteiger partial charge in [0.25, 0.3) is 0 Å². The Morgan fingerprint density at radius 1 is 1.21 bits per heavy atom. The monoisotopic (exact) mass is 278 g/mol. The molecule has 2 rings (SSSR count). The highest BCUT2D eigenvalue weighted by Gasteiger charge is 2.11. The summed E-state index contributed by atoms with van der Waals surface area (Å²) in [5.74, 6) is -0.234. The number of halogens is 2. The number of hydrogen-bond donors (Lipinski definition) is 1. The first-order chi connectivity index (χ1) is 9.11. The summed E-state index contributed by atoms with van der Waals surface area (Å²) in [6.07, 6.45) is 2.98. The van der Waals surface area contributed by atoms with Crippen LogP contribution in [0.15, 0.2) is 36.4 Å². The molecule has 1 N–H and O–H groups in total. The second kappa shape index (κ2) is 6.07. The van der Waals surface area contributed by atoms with E-state index in [2.05, 4.69) is 6.92 Å². The van der Waals surface area contributed by atoms with Gasteiger partial charge in [0, 0.05) is 5.56 Å². The van der Waals surface area contributed by atoms with Crippen LogP contribution in [0.2, 0.25) is 5.02 Å². The molecule has 0 aromatic heterocycles. The van der Waals surface area contributed by atoms with Gasteiger partial charge in [-0.25, -0.2) is 4.39 Å². The summed E-state index contributed by atoms with van der Waals surface area (Å²) in [6, 6.07) is 9.74. The van der Waals surface area contributed by atoms with Crippen LogP contribution in [0.25, 0.3) is 11.1 Å². The summed E-state index contributed by atoms with van der Waals surface area (Å²) in [6.45, 7) is 2.11. The van der Waals surface area contributed by atoms with Crippen LogP contribution in [0.1, 0.15) is 25.3 Å². The van der Waals surface area contributed by atoms with E-state index in [9.17, 15) is 9.50 Å². The van der Waals surface area contributed by atoms with Gasteiger partial charge in [-0.3, -0.25) is 0 Å². The number of phenolic OH excluding ortho intramolecular Hbond substituents is 1. The number of aryl methyl sites for hydroxylation is 1. The Hall–Kier alpha value is -1.54. The van der Waals surface area contributed by atoms with E-state index in [0.29, 0.717) is 16.1 Å². The van der Waals surface area contributed by atoms with E-state index in [1.807, 2.05) is 6.07 Å². The van der Waals surface area contributed by atoms with Crippen molar-refractivity contribution in [3.8, 4) is 16.9 Å². The minimum absolute atomic E-state index is 0.142. The summed E-state index contributed by atoms with van der Waals surface area (Å²) >= 11 is 6.05. The zero-order chi connectivity index (χ0) is 13.8. The molecule has 1 nitrogen and oxygen atoms in total. The van der Waals surface area contributed by atoms with Crippen LogP contribution < -0.4 is 0 Å². The van der Waals surface area contributed by atoms with Crippen molar-refractivity contribution in [1.82, 2.24) is 0 Å². The standard InChI is InChI=1S/C16H16ClFO/c1-2-3-5-11-8-12(10-13(19)9-11)16-14(17)6-4-7-15(16)18/h4,6-10,19H,2-3,5H2,1H3. The van der Waals surface area contributed by atoms with Gasteiger partial charge in [0.2, 0.25) is 0 Å². The fraction of sp³-hybridized carbons (Fsp3) is 0.250. The SMILES string of the molecule is CCCCc1cc(O)cc(-c2c(F)cccc2Cl)c1. The molecular weight excluding hydrogens is 263 g/mol. The molecule has 3 heteroatoms. The Balaban J connectivity index is 2.47. The van der Waals surface area contributed by atoms with Gasteiger partial charge in [-0.2, -0.15) is 0 Å². The van der Waals surface area contributed by atoms with E-state index in [-0.39, 0.29) is 11.6 Å². The number of rotatable bonds is 4. The van der Waals surface area contributed by atoms with E-state index in [4.69, 9.17) is 11.6 Å². The molecule has 0 amide bonds. The van der Waals surface area contributed by atoms with Crippen LogP contribution in [-0.4, -0.2) is 5.11 Å².